The third kappa shape index (κ3) is 4.05. The summed E-state index contributed by atoms with van der Waals surface area (Å²) < 4.78 is 0. The summed E-state index contributed by atoms with van der Waals surface area (Å²) in [5.74, 6) is 0. The highest BCUT2D eigenvalue weighted by molar-refractivity contribution is 5.14. The van der Waals surface area contributed by atoms with E-state index in [-0.39, 0.29) is 0 Å². The molecule has 106 valence electrons. The summed E-state index contributed by atoms with van der Waals surface area (Å²) in [4.78, 5) is 2.66. The minimum Gasteiger partial charge on any atom is -0.329 e. The number of nitrogens with zero attached hydrogens (tertiary/aromatic N) is 1. The molecule has 0 spiro atoms. The Labute approximate surface area is 118 Å². The Balaban J connectivity index is 1.90. The number of likely N-dealkylation sites (N-methyl/N-ethyl adjacent to an activating group) is 1. The molecule has 19 heavy (non-hydrogen) atoms. The zero-order chi connectivity index (χ0) is 13.5. The molecular weight excluding hydrogens is 232 g/mol. The molecule has 1 aliphatic rings. The van der Waals surface area contributed by atoms with E-state index in [4.69, 9.17) is 5.73 Å². The van der Waals surface area contributed by atoms with E-state index in [0.717, 1.165) is 25.6 Å². The fourth-order valence-corrected chi connectivity index (χ4v) is 3.45. The second-order valence-electron chi connectivity index (χ2n) is 5.68. The number of nitrogens with two attached hydrogens (primary N) is 1. The second kappa shape index (κ2) is 7.66. The van der Waals surface area contributed by atoms with Gasteiger partial charge in [0.15, 0.2) is 0 Å². The Morgan fingerprint density at radius 2 is 1.89 bits per heavy atom. The van der Waals surface area contributed by atoms with Crippen molar-refractivity contribution in [3.05, 3.63) is 35.9 Å². The van der Waals surface area contributed by atoms with E-state index in [1.54, 1.807) is 0 Å². The van der Waals surface area contributed by atoms with Crippen LogP contribution in [-0.4, -0.2) is 30.1 Å². The molecule has 1 unspecified atom stereocenters. The van der Waals surface area contributed by atoms with Crippen molar-refractivity contribution in [1.82, 2.24) is 4.90 Å². The van der Waals surface area contributed by atoms with E-state index in [2.05, 4.69) is 42.2 Å². The summed E-state index contributed by atoms with van der Waals surface area (Å²) in [7, 11) is 0. The maximum Gasteiger partial charge on any atom is 0.0224 e. The minimum absolute atomic E-state index is 0.549. The lowest BCUT2D eigenvalue weighted by molar-refractivity contribution is 0.140. The van der Waals surface area contributed by atoms with Crippen LogP contribution in [0.25, 0.3) is 0 Å². The van der Waals surface area contributed by atoms with Crippen LogP contribution < -0.4 is 5.73 Å². The van der Waals surface area contributed by atoms with Crippen molar-refractivity contribution in [2.24, 2.45) is 5.73 Å². The zero-order valence-electron chi connectivity index (χ0n) is 12.2. The molecule has 0 heterocycles. The standard InChI is InChI=1S/C17H28N2/c1-2-19(16-10-6-7-11-16)17(14-18)13-12-15-8-4-3-5-9-15/h3-5,8-9,16-17H,2,6-7,10-14,18H2,1H3. The van der Waals surface area contributed by atoms with Crippen LogP contribution in [0.1, 0.15) is 44.6 Å². The third-order valence-corrected chi connectivity index (χ3v) is 4.51. The molecule has 2 nitrogen and oxygen atoms in total. The molecular formula is C17H28N2. The number of hydrogen-bond donors (Lipinski definition) is 1. The van der Waals surface area contributed by atoms with Gasteiger partial charge in [0.05, 0.1) is 0 Å². The Morgan fingerprint density at radius 3 is 2.47 bits per heavy atom. The monoisotopic (exact) mass is 260 g/mol. The van der Waals surface area contributed by atoms with Gasteiger partial charge in [0.2, 0.25) is 0 Å². The normalized spacial score (nSPS) is 18.1. The molecule has 0 bridgehead atoms. The van der Waals surface area contributed by atoms with Crippen LogP contribution in [0.15, 0.2) is 30.3 Å². The molecule has 1 aromatic rings. The molecule has 2 rings (SSSR count). The minimum atomic E-state index is 0.549. The molecule has 0 saturated heterocycles. The average molecular weight is 260 g/mol. The highest BCUT2D eigenvalue weighted by Gasteiger charge is 2.26. The number of benzene rings is 1. The van der Waals surface area contributed by atoms with Crippen LogP contribution in [0.3, 0.4) is 0 Å². The SMILES string of the molecule is CCN(C(CN)CCc1ccccc1)C1CCCC1. The summed E-state index contributed by atoms with van der Waals surface area (Å²) in [5.41, 5.74) is 7.47. The molecule has 1 fully saturated rings. The maximum atomic E-state index is 6.04. The molecule has 0 amide bonds. The van der Waals surface area contributed by atoms with Crippen molar-refractivity contribution < 1.29 is 0 Å². The maximum absolute atomic E-state index is 6.04. The van der Waals surface area contributed by atoms with Gasteiger partial charge in [0.25, 0.3) is 0 Å². The first-order chi connectivity index (χ1) is 9.35. The molecule has 1 aromatic carbocycles. The third-order valence-electron chi connectivity index (χ3n) is 4.51. The molecule has 1 atom stereocenters. The van der Waals surface area contributed by atoms with Crippen LogP contribution in [0.5, 0.6) is 0 Å². The average Bonchev–Trinajstić information content (AvgIpc) is 2.98. The van der Waals surface area contributed by atoms with Crippen molar-refractivity contribution in [3.63, 3.8) is 0 Å². The topological polar surface area (TPSA) is 29.3 Å². The first-order valence-electron chi connectivity index (χ1n) is 7.85. The fraction of sp³-hybridized carbons (Fsp3) is 0.647. The second-order valence-corrected chi connectivity index (χ2v) is 5.68. The van der Waals surface area contributed by atoms with E-state index in [1.807, 2.05) is 0 Å². The lowest BCUT2D eigenvalue weighted by Gasteiger charge is -2.35. The number of aryl methyl sites for hydroxylation is 1. The highest BCUT2D eigenvalue weighted by atomic mass is 15.2. The lowest BCUT2D eigenvalue weighted by atomic mass is 10.0. The van der Waals surface area contributed by atoms with Gasteiger partial charge in [-0.25, -0.2) is 0 Å². The zero-order valence-corrected chi connectivity index (χ0v) is 12.2. The summed E-state index contributed by atoms with van der Waals surface area (Å²) in [6.07, 6.45) is 7.87. The molecule has 0 aliphatic heterocycles. The highest BCUT2D eigenvalue weighted by Crippen LogP contribution is 2.26. The van der Waals surface area contributed by atoms with E-state index < -0.39 is 0 Å². The van der Waals surface area contributed by atoms with Crippen molar-refractivity contribution in [1.29, 1.82) is 0 Å². The smallest absolute Gasteiger partial charge is 0.0224 e. The Morgan fingerprint density at radius 1 is 1.21 bits per heavy atom. The Kier molecular flexibility index (Phi) is 5.87. The predicted octanol–water partition coefficient (Wildman–Crippen LogP) is 3.21. The van der Waals surface area contributed by atoms with Crippen LogP contribution >= 0.6 is 0 Å². The van der Waals surface area contributed by atoms with Gasteiger partial charge < -0.3 is 5.73 Å². The molecule has 0 radical (unpaired) electrons. The van der Waals surface area contributed by atoms with Crippen LogP contribution in [0.2, 0.25) is 0 Å². The molecule has 2 N–H and O–H groups in total. The lowest BCUT2D eigenvalue weighted by Crippen LogP contribution is -2.46. The van der Waals surface area contributed by atoms with Gasteiger partial charge in [0, 0.05) is 18.6 Å². The van der Waals surface area contributed by atoms with Gasteiger partial charge in [-0.1, -0.05) is 50.1 Å². The van der Waals surface area contributed by atoms with Gasteiger partial charge in [-0.3, -0.25) is 4.90 Å². The summed E-state index contributed by atoms with van der Waals surface area (Å²) in [6, 6.07) is 12.1. The molecule has 1 saturated carbocycles. The van der Waals surface area contributed by atoms with Crippen LogP contribution in [-0.2, 0) is 6.42 Å². The van der Waals surface area contributed by atoms with Gasteiger partial charge in [0.1, 0.15) is 0 Å². The van der Waals surface area contributed by atoms with Crippen LogP contribution in [0.4, 0.5) is 0 Å². The number of rotatable bonds is 7. The quantitative estimate of drug-likeness (QED) is 0.815. The summed E-state index contributed by atoms with van der Waals surface area (Å²) >= 11 is 0. The Hall–Kier alpha value is -0.860. The molecule has 2 heteroatoms. The van der Waals surface area contributed by atoms with E-state index >= 15 is 0 Å². The Bertz CT molecular complexity index is 344. The first-order valence-corrected chi connectivity index (χ1v) is 7.85. The van der Waals surface area contributed by atoms with Gasteiger partial charge in [-0.2, -0.15) is 0 Å². The number of hydrogen-bond acceptors (Lipinski definition) is 2. The largest absolute Gasteiger partial charge is 0.329 e. The first kappa shape index (κ1) is 14.5. The van der Waals surface area contributed by atoms with Crippen molar-refractivity contribution >= 4 is 0 Å². The van der Waals surface area contributed by atoms with Gasteiger partial charge in [-0.15, -0.1) is 0 Å². The predicted molar refractivity (Wildman–Crippen MR) is 82.2 cm³/mol. The van der Waals surface area contributed by atoms with Crippen molar-refractivity contribution in [3.8, 4) is 0 Å². The van der Waals surface area contributed by atoms with Crippen molar-refractivity contribution in [2.45, 2.75) is 57.5 Å². The van der Waals surface area contributed by atoms with Crippen molar-refractivity contribution in [2.75, 3.05) is 13.1 Å². The van der Waals surface area contributed by atoms with E-state index in [9.17, 15) is 0 Å². The van der Waals surface area contributed by atoms with E-state index in [1.165, 1.54) is 37.7 Å². The fourth-order valence-electron chi connectivity index (χ4n) is 3.45. The molecule has 0 aromatic heterocycles. The summed E-state index contributed by atoms with van der Waals surface area (Å²) in [5, 5.41) is 0. The molecule has 1 aliphatic carbocycles. The van der Waals surface area contributed by atoms with Crippen LogP contribution in [0, 0.1) is 0 Å². The van der Waals surface area contributed by atoms with E-state index in [0.29, 0.717) is 6.04 Å². The van der Waals surface area contributed by atoms with Gasteiger partial charge in [-0.05, 0) is 37.8 Å². The van der Waals surface area contributed by atoms with Gasteiger partial charge >= 0.3 is 0 Å². The summed E-state index contributed by atoms with van der Waals surface area (Å²) in [6.45, 7) is 4.21.